The Morgan fingerprint density at radius 1 is 0.183 bits per heavy atom. The molecule has 494 valence electrons. The molecule has 0 saturated carbocycles. The Bertz CT molecular complexity index is 5590. The van der Waals surface area contributed by atoms with Crippen molar-refractivity contribution in [2.45, 2.75) is 82.5 Å². The standard InChI is InChI=1S/C104H78/c1-5-50-102-89-59-71-53-83-85(97(67-36-18-10-19-37-67)79-46-28-26-44-77(79)95(83)65-32-14-8-15-33-65)55-73(71)61-91(89)103(51-6-2)93-63-75-57-87-88(100(70-42-24-13-25-43-70)82-49-31-30-48-81(82)99(87)69-40-22-12-23-41-69)58-76(75)64-94(93)104(52-7-3,101(102,103)4)92-62-74-56-86-84(54-72(74)60-90(92)102)96(66-34-16-9-17-35-66)78-45-27-29-47-80(78)98(86)68-38-20-11-21-39-68/h8-49,53-64H,5-7,50-52H2,1-4H3. The molecule has 0 unspecified atom stereocenters. The largest absolute Gasteiger partial charge is 0.0653 e. The van der Waals surface area contributed by atoms with Gasteiger partial charge in [0, 0.05) is 21.7 Å². The average molecular weight is 1330 g/mol. The number of fused-ring (bicyclic) bond motifs is 18. The average Bonchev–Trinajstić information content (AvgIpc) is 1.43. The van der Waals surface area contributed by atoms with Crippen molar-refractivity contribution in [1.82, 2.24) is 0 Å². The van der Waals surface area contributed by atoms with Crippen molar-refractivity contribution >= 4 is 97.0 Å². The van der Waals surface area contributed by atoms with Crippen LogP contribution in [0, 0.1) is 5.41 Å². The SMILES string of the molecule is CCCC12c3cc4cc5c(-c6ccccc6)c6ccccc6c(-c6ccccc6)c5cc4cc3C3(CCC)c4cc5cc6c(-c7ccccc7)c7ccccc7c(-c7ccccc7)c6cc5cc4C(CCC)(c4cc5cc6c(-c7ccccc7)c7ccccc7c(-c7ccccc7)c6cc5cc41)C23C. The van der Waals surface area contributed by atoms with Crippen LogP contribution in [0.1, 0.15) is 99.6 Å². The molecule has 0 spiro atoms. The predicted octanol–water partition coefficient (Wildman–Crippen LogP) is 28.7. The normalized spacial score (nSPS) is 18.6. The maximum absolute atomic E-state index is 2.87. The molecule has 18 aromatic carbocycles. The topological polar surface area (TPSA) is 0 Å². The van der Waals surface area contributed by atoms with Gasteiger partial charge in [-0.15, -0.1) is 0 Å². The van der Waals surface area contributed by atoms with E-state index in [1.807, 2.05) is 0 Å². The molecule has 0 bridgehead atoms. The molecule has 0 aliphatic heterocycles. The van der Waals surface area contributed by atoms with E-state index >= 15 is 0 Å². The fourth-order valence-corrected chi connectivity index (χ4v) is 22.4. The Hall–Kier alpha value is -11.7. The van der Waals surface area contributed by atoms with Crippen LogP contribution in [0.3, 0.4) is 0 Å². The highest BCUT2D eigenvalue weighted by Crippen LogP contribution is 2.86. The molecule has 0 radical (unpaired) electrons. The summed E-state index contributed by atoms with van der Waals surface area (Å²) in [5.74, 6) is 0. The highest BCUT2D eigenvalue weighted by atomic mass is 14.8. The van der Waals surface area contributed by atoms with Crippen molar-refractivity contribution in [3.05, 3.63) is 361 Å². The summed E-state index contributed by atoms with van der Waals surface area (Å²) in [6.07, 6.45) is 6.13. The van der Waals surface area contributed by atoms with Crippen LogP contribution < -0.4 is 0 Å². The van der Waals surface area contributed by atoms with Gasteiger partial charge in [-0.2, -0.15) is 0 Å². The monoisotopic (exact) mass is 1330 g/mol. The molecule has 104 heavy (non-hydrogen) atoms. The molecule has 0 N–H and O–H groups in total. The summed E-state index contributed by atoms with van der Waals surface area (Å²) in [7, 11) is 0. The first-order valence-electron chi connectivity index (χ1n) is 38.1. The lowest BCUT2D eigenvalue weighted by Gasteiger charge is -2.53. The third kappa shape index (κ3) is 7.99. The Morgan fingerprint density at radius 3 is 0.490 bits per heavy atom. The van der Waals surface area contributed by atoms with E-state index in [1.54, 1.807) is 0 Å². The summed E-state index contributed by atoms with van der Waals surface area (Å²) < 4.78 is 0. The van der Waals surface area contributed by atoms with Crippen LogP contribution in [0.4, 0.5) is 0 Å². The molecule has 0 saturated heterocycles. The van der Waals surface area contributed by atoms with Gasteiger partial charge in [0.15, 0.2) is 0 Å². The first-order valence-corrected chi connectivity index (χ1v) is 38.1. The van der Waals surface area contributed by atoms with Gasteiger partial charge < -0.3 is 0 Å². The van der Waals surface area contributed by atoms with Gasteiger partial charge in [-0.3, -0.25) is 0 Å². The van der Waals surface area contributed by atoms with Crippen molar-refractivity contribution in [1.29, 1.82) is 0 Å². The molecule has 0 fully saturated rings. The first-order chi connectivity index (χ1) is 51.3. The van der Waals surface area contributed by atoms with Crippen LogP contribution in [0.2, 0.25) is 0 Å². The summed E-state index contributed by atoms with van der Waals surface area (Å²) in [4.78, 5) is 0. The molecule has 0 heteroatoms. The van der Waals surface area contributed by atoms with Crippen LogP contribution in [0.25, 0.3) is 164 Å². The van der Waals surface area contributed by atoms with Crippen molar-refractivity contribution in [2.75, 3.05) is 0 Å². The van der Waals surface area contributed by atoms with E-state index in [9.17, 15) is 0 Å². The van der Waals surface area contributed by atoms with Crippen LogP contribution in [0.5, 0.6) is 0 Å². The summed E-state index contributed by atoms with van der Waals surface area (Å²) in [5, 5.41) is 23.3. The molecule has 0 aromatic heterocycles. The second-order valence-electron chi connectivity index (χ2n) is 30.6. The summed E-state index contributed by atoms with van der Waals surface area (Å²) >= 11 is 0. The van der Waals surface area contributed by atoms with E-state index in [0.29, 0.717) is 0 Å². The van der Waals surface area contributed by atoms with E-state index in [4.69, 9.17) is 0 Å². The number of benzene rings is 18. The van der Waals surface area contributed by atoms with Crippen LogP contribution in [-0.4, -0.2) is 0 Å². The lowest BCUT2D eigenvalue weighted by atomic mass is 9.48. The summed E-state index contributed by atoms with van der Waals surface area (Å²) in [6.45, 7) is 10.3. The number of hydrogen-bond donors (Lipinski definition) is 0. The maximum atomic E-state index is 2.87. The Kier molecular flexibility index (Phi) is 13.4. The maximum Gasteiger partial charge on any atom is 0.0286 e. The molecule has 0 heterocycles. The molecule has 3 aliphatic carbocycles. The van der Waals surface area contributed by atoms with E-state index in [-0.39, 0.29) is 5.41 Å². The van der Waals surface area contributed by atoms with E-state index in [1.165, 1.54) is 197 Å². The summed E-state index contributed by atoms with van der Waals surface area (Å²) in [6, 6.07) is 127. The number of rotatable bonds is 12. The minimum absolute atomic E-state index is 0.371. The second-order valence-corrected chi connectivity index (χ2v) is 30.6. The number of hydrogen-bond acceptors (Lipinski definition) is 0. The molecule has 3 aliphatic rings. The van der Waals surface area contributed by atoms with Crippen molar-refractivity contribution in [2.24, 2.45) is 5.41 Å². The van der Waals surface area contributed by atoms with Gasteiger partial charge in [-0.1, -0.05) is 302 Å². The molecular formula is C104H78. The lowest BCUT2D eigenvalue weighted by Crippen LogP contribution is -2.54. The first kappa shape index (κ1) is 61.0. The zero-order valence-electron chi connectivity index (χ0n) is 59.4. The van der Waals surface area contributed by atoms with Crippen molar-refractivity contribution in [3.8, 4) is 66.8 Å². The lowest BCUT2D eigenvalue weighted by molar-refractivity contribution is 0.0541. The van der Waals surface area contributed by atoms with Gasteiger partial charge in [0.25, 0.3) is 0 Å². The Morgan fingerprint density at radius 2 is 0.337 bits per heavy atom. The molecule has 0 nitrogen and oxygen atoms in total. The van der Waals surface area contributed by atoms with Crippen LogP contribution in [0.15, 0.2) is 328 Å². The van der Waals surface area contributed by atoms with E-state index in [0.717, 1.165) is 38.5 Å². The molecule has 0 amide bonds. The van der Waals surface area contributed by atoms with Gasteiger partial charge in [0.05, 0.1) is 0 Å². The van der Waals surface area contributed by atoms with Gasteiger partial charge in [0.2, 0.25) is 0 Å². The molecule has 21 rings (SSSR count). The van der Waals surface area contributed by atoms with E-state index < -0.39 is 16.2 Å². The van der Waals surface area contributed by atoms with Gasteiger partial charge in [-0.05, 0) is 289 Å². The minimum atomic E-state index is -0.417. The quantitative estimate of drug-likeness (QED) is 0.107. The predicted molar refractivity (Wildman–Crippen MR) is 445 cm³/mol. The third-order valence-corrected chi connectivity index (χ3v) is 25.9. The Balaban J connectivity index is 0.946. The van der Waals surface area contributed by atoms with Crippen molar-refractivity contribution < 1.29 is 0 Å². The zero-order valence-corrected chi connectivity index (χ0v) is 59.4. The Labute approximate surface area is 608 Å². The molecule has 0 atom stereocenters. The highest BCUT2D eigenvalue weighted by Gasteiger charge is 2.82. The van der Waals surface area contributed by atoms with Crippen LogP contribution >= 0.6 is 0 Å². The van der Waals surface area contributed by atoms with Crippen LogP contribution in [-0.2, 0) is 16.2 Å². The van der Waals surface area contributed by atoms with Gasteiger partial charge in [-0.25, -0.2) is 0 Å². The highest BCUT2D eigenvalue weighted by molar-refractivity contribution is 6.27. The minimum Gasteiger partial charge on any atom is -0.0653 e. The van der Waals surface area contributed by atoms with E-state index in [2.05, 4.69) is 355 Å². The fraction of sp³-hybridized carbons (Fsp3) is 0.135. The summed E-state index contributed by atoms with van der Waals surface area (Å²) in [5.41, 5.74) is 22.8. The fourth-order valence-electron chi connectivity index (χ4n) is 22.4. The second kappa shape index (κ2) is 22.9. The van der Waals surface area contributed by atoms with Gasteiger partial charge in [0.1, 0.15) is 0 Å². The smallest absolute Gasteiger partial charge is 0.0286 e. The zero-order chi connectivity index (χ0) is 69.2. The molecule has 18 aromatic rings. The third-order valence-electron chi connectivity index (χ3n) is 25.9. The van der Waals surface area contributed by atoms with Gasteiger partial charge >= 0.3 is 0 Å². The van der Waals surface area contributed by atoms with Crippen molar-refractivity contribution in [3.63, 3.8) is 0 Å². The molecular weight excluding hydrogens is 1250 g/mol.